The number of benzene rings is 3. The molecule has 2 saturated heterocycles. The Morgan fingerprint density at radius 2 is 1.74 bits per heavy atom. The summed E-state index contributed by atoms with van der Waals surface area (Å²) in [6.07, 6.45) is 4.62. The van der Waals surface area contributed by atoms with Gasteiger partial charge in [0.1, 0.15) is 11.2 Å². The maximum atomic E-state index is 12.9. The van der Waals surface area contributed by atoms with Crippen molar-refractivity contribution in [3.8, 4) is 39.7 Å². The lowest BCUT2D eigenvalue weighted by Crippen LogP contribution is -2.38. The van der Waals surface area contributed by atoms with Crippen molar-refractivity contribution >= 4 is 55.9 Å². The number of sulfonamides is 1. The van der Waals surface area contributed by atoms with Crippen molar-refractivity contribution in [1.82, 2.24) is 29.5 Å². The van der Waals surface area contributed by atoms with Crippen LogP contribution in [0.15, 0.2) is 53.1 Å². The predicted molar refractivity (Wildman–Crippen MR) is 216 cm³/mol. The van der Waals surface area contributed by atoms with Crippen LogP contribution in [0.4, 0.5) is 5.69 Å². The van der Waals surface area contributed by atoms with Crippen molar-refractivity contribution < 1.29 is 32.4 Å². The second kappa shape index (κ2) is 15.1. The molecule has 0 radical (unpaired) electrons. The van der Waals surface area contributed by atoms with Crippen LogP contribution >= 0.6 is 23.2 Å². The van der Waals surface area contributed by atoms with Crippen LogP contribution in [0.2, 0.25) is 10.0 Å². The van der Waals surface area contributed by atoms with E-state index in [4.69, 9.17) is 42.3 Å². The van der Waals surface area contributed by atoms with Gasteiger partial charge in [-0.25, -0.2) is 18.4 Å². The molecule has 302 valence electrons. The fourth-order valence-electron chi connectivity index (χ4n) is 8.57. The number of nitro benzene ring substituents is 1. The summed E-state index contributed by atoms with van der Waals surface area (Å²) < 4.78 is 38.9. The number of nitrogens with zero attached hydrogens (tertiary/aromatic N) is 6. The first-order valence-electron chi connectivity index (χ1n) is 19.2. The molecule has 1 amide bonds. The van der Waals surface area contributed by atoms with Crippen LogP contribution in [-0.2, 0) is 27.8 Å². The minimum Gasteiger partial charge on any atom is -0.480 e. The van der Waals surface area contributed by atoms with Crippen LogP contribution in [0, 0.1) is 16.0 Å². The summed E-state index contributed by atoms with van der Waals surface area (Å²) in [5.74, 6) is -0.544. The fraction of sp³-hybridized carbons (Fsp3) is 0.400. The van der Waals surface area contributed by atoms with Crippen molar-refractivity contribution in [3.63, 3.8) is 0 Å². The molecule has 2 aromatic heterocycles. The summed E-state index contributed by atoms with van der Waals surface area (Å²) in [7, 11) is -2.13. The lowest BCUT2D eigenvalue weighted by Gasteiger charge is -2.24. The molecule has 1 saturated carbocycles. The average Bonchev–Trinajstić information content (AvgIpc) is 3.46. The Bertz CT molecular complexity index is 2600. The first kappa shape index (κ1) is 38.8. The number of fused-ring (bicyclic) bond motifs is 2. The molecule has 4 heterocycles. The summed E-state index contributed by atoms with van der Waals surface area (Å²) >= 11 is 14.2. The normalized spacial score (nSPS) is 21.1. The number of hydrogen-bond acceptors (Lipinski definition) is 13. The standard InChI is InChI=1S/C40H39Cl2N7O8S/c1-56-40-32(20-47-14-13-22(50)19-47)43-17-31(45-40)27-6-2-4-24(34(27)41)25-5-3-7-28(35(25)42)39-44-30-16-29-26(36(49(52)53)37(30)57-39)10-11-33(29)48-15-12-21(18-48)38(51)46-58(54,55)23-8-9-23/h2-7,16-17,21-23,33,50H,8-15,18-20H2,1H3,(H,46,51)/t21-,22-,33-/m1/s1. The van der Waals surface area contributed by atoms with Gasteiger partial charge in [0, 0.05) is 54.5 Å². The SMILES string of the molecule is COc1nc(-c2cccc(-c3cccc(-c4nc5cc6c(c([N+](=O)[O-])c5o4)CC[C@H]6N4CC[C@@H](C(=O)NS(=O)(=O)C5CC5)C4)c3Cl)c2Cl)cnc1CN1CC[C@@H](O)C1. The van der Waals surface area contributed by atoms with Crippen LogP contribution in [0.5, 0.6) is 5.88 Å². The van der Waals surface area contributed by atoms with Gasteiger partial charge in [0.25, 0.3) is 0 Å². The molecule has 18 heteroatoms. The number of carbonyl (C=O) groups excluding carboxylic acids is 1. The van der Waals surface area contributed by atoms with E-state index in [0.29, 0.717) is 120 Å². The summed E-state index contributed by atoms with van der Waals surface area (Å²) in [6, 6.07) is 12.4. The van der Waals surface area contributed by atoms with Crippen molar-refractivity contribution in [2.45, 2.75) is 62.5 Å². The number of nitro groups is 1. The molecule has 2 aliphatic heterocycles. The Morgan fingerprint density at radius 3 is 2.43 bits per heavy atom. The topological polar surface area (TPSA) is 194 Å². The number of ether oxygens (including phenoxy) is 1. The average molecular weight is 849 g/mol. The van der Waals surface area contributed by atoms with Crippen molar-refractivity contribution in [1.29, 1.82) is 0 Å². The number of aliphatic hydroxyl groups excluding tert-OH is 1. The van der Waals surface area contributed by atoms with Gasteiger partial charge >= 0.3 is 5.69 Å². The summed E-state index contributed by atoms with van der Waals surface area (Å²) in [6.45, 7) is 2.69. The number of nitrogens with one attached hydrogen (secondary N) is 1. The highest BCUT2D eigenvalue weighted by Crippen LogP contribution is 2.48. The van der Waals surface area contributed by atoms with Gasteiger partial charge < -0.3 is 14.3 Å². The third-order valence-electron chi connectivity index (χ3n) is 11.7. The molecular weight excluding hydrogens is 809 g/mol. The molecule has 58 heavy (non-hydrogen) atoms. The number of oxazole rings is 1. The van der Waals surface area contributed by atoms with Crippen LogP contribution < -0.4 is 9.46 Å². The van der Waals surface area contributed by atoms with Gasteiger partial charge in [0.2, 0.25) is 33.3 Å². The lowest BCUT2D eigenvalue weighted by atomic mass is 9.99. The number of carbonyl (C=O) groups is 1. The van der Waals surface area contributed by atoms with E-state index in [1.807, 2.05) is 30.3 Å². The molecule has 4 aliphatic rings. The molecule has 15 nitrogen and oxygen atoms in total. The molecule has 3 aromatic carbocycles. The Balaban J connectivity index is 1.00. The second-order valence-electron chi connectivity index (χ2n) is 15.4. The fourth-order valence-corrected chi connectivity index (χ4v) is 10.6. The van der Waals surface area contributed by atoms with E-state index in [1.165, 1.54) is 7.11 Å². The number of aromatic nitrogens is 3. The monoisotopic (exact) mass is 847 g/mol. The number of aliphatic hydroxyl groups is 1. The lowest BCUT2D eigenvalue weighted by molar-refractivity contribution is -0.384. The quantitative estimate of drug-likeness (QED) is 0.111. The van der Waals surface area contributed by atoms with Gasteiger partial charge in [-0.1, -0.05) is 53.5 Å². The zero-order chi connectivity index (χ0) is 40.5. The van der Waals surface area contributed by atoms with Crippen LogP contribution in [0.25, 0.3) is 44.9 Å². The highest BCUT2D eigenvalue weighted by molar-refractivity contribution is 7.90. The van der Waals surface area contributed by atoms with E-state index < -0.39 is 32.0 Å². The first-order chi connectivity index (χ1) is 27.9. The minimum atomic E-state index is -3.66. The Hall–Kier alpha value is -4.71. The van der Waals surface area contributed by atoms with E-state index >= 15 is 0 Å². The highest BCUT2D eigenvalue weighted by Gasteiger charge is 2.42. The largest absolute Gasteiger partial charge is 0.480 e. The van der Waals surface area contributed by atoms with E-state index in [9.17, 15) is 28.4 Å². The van der Waals surface area contributed by atoms with E-state index in [2.05, 4.69) is 19.5 Å². The number of halogens is 2. The second-order valence-corrected chi connectivity index (χ2v) is 18.1. The Morgan fingerprint density at radius 1 is 1.02 bits per heavy atom. The third-order valence-corrected chi connectivity index (χ3v) is 14.3. The molecule has 3 atom stereocenters. The van der Waals surface area contributed by atoms with Crippen LogP contribution in [-0.4, -0.2) is 93.7 Å². The van der Waals surface area contributed by atoms with Gasteiger partial charge in [0.15, 0.2) is 0 Å². The molecule has 2 aliphatic carbocycles. The minimum absolute atomic E-state index is 0.0433. The van der Waals surface area contributed by atoms with Gasteiger partial charge in [-0.15, -0.1) is 0 Å². The molecule has 9 rings (SSSR count). The maximum Gasteiger partial charge on any atom is 0.317 e. The van der Waals surface area contributed by atoms with Crippen molar-refractivity contribution in [2.24, 2.45) is 5.92 Å². The smallest absolute Gasteiger partial charge is 0.317 e. The Kier molecular flexibility index (Phi) is 10.1. The number of β-amino-alcohol motifs (C(OH)–C–C–N with tert-alkyl or cyclic N) is 1. The first-order valence-corrected chi connectivity index (χ1v) is 21.5. The zero-order valence-corrected chi connectivity index (χ0v) is 33.7. The molecule has 2 N–H and O–H groups in total. The molecule has 0 bridgehead atoms. The number of likely N-dealkylation sites (tertiary alicyclic amines) is 2. The van der Waals surface area contributed by atoms with Gasteiger partial charge in [0.05, 0.1) is 56.8 Å². The maximum absolute atomic E-state index is 12.9. The molecule has 0 unspecified atom stereocenters. The summed E-state index contributed by atoms with van der Waals surface area (Å²) in [5.41, 5.74) is 4.83. The third kappa shape index (κ3) is 7.09. The number of hydrogen-bond donors (Lipinski definition) is 2. The van der Waals surface area contributed by atoms with Crippen molar-refractivity contribution in [3.05, 3.63) is 85.6 Å². The highest BCUT2D eigenvalue weighted by atomic mass is 35.5. The zero-order valence-electron chi connectivity index (χ0n) is 31.4. The van der Waals surface area contributed by atoms with E-state index in [0.717, 1.165) is 12.1 Å². The summed E-state index contributed by atoms with van der Waals surface area (Å²) in [5, 5.41) is 22.7. The van der Waals surface area contributed by atoms with Gasteiger partial charge in [-0.05, 0) is 62.8 Å². The van der Waals surface area contributed by atoms with Crippen LogP contribution in [0.1, 0.15) is 55.0 Å². The predicted octanol–water partition coefficient (Wildman–Crippen LogP) is 6.33. The van der Waals surface area contributed by atoms with Crippen molar-refractivity contribution in [2.75, 3.05) is 33.3 Å². The van der Waals surface area contributed by atoms with E-state index in [-0.39, 0.29) is 34.3 Å². The summed E-state index contributed by atoms with van der Waals surface area (Å²) in [4.78, 5) is 43.4. The van der Waals surface area contributed by atoms with Gasteiger partial charge in [-0.3, -0.25) is 34.4 Å². The molecule has 3 fully saturated rings. The number of methoxy groups -OCH3 is 1. The Labute approximate surface area is 343 Å². The number of rotatable bonds is 11. The van der Waals surface area contributed by atoms with E-state index in [1.54, 1.807) is 18.3 Å². The number of amides is 1. The molecular formula is C40H39Cl2N7O8S. The van der Waals surface area contributed by atoms with Crippen LogP contribution in [0.3, 0.4) is 0 Å². The van der Waals surface area contributed by atoms with Gasteiger partial charge in [-0.2, -0.15) is 0 Å². The molecule has 5 aromatic rings. The molecule has 0 spiro atoms.